The van der Waals surface area contributed by atoms with Crippen molar-refractivity contribution < 1.29 is 20.1 Å². The predicted molar refractivity (Wildman–Crippen MR) is 115 cm³/mol. The second-order valence-corrected chi connectivity index (χ2v) is 9.79. The monoisotopic (exact) mass is 544 g/mol. The highest BCUT2D eigenvalue weighted by Crippen LogP contribution is 2.39. The number of nitrogens with zero attached hydrogens (tertiary/aromatic N) is 6. The Morgan fingerprint density at radius 3 is 2.87 bits per heavy atom. The molecule has 0 bridgehead atoms. The molecule has 0 unspecified atom stereocenters. The van der Waals surface area contributed by atoms with E-state index >= 15 is 0 Å². The molecule has 31 heavy (non-hydrogen) atoms. The minimum atomic E-state index is -1.26. The summed E-state index contributed by atoms with van der Waals surface area (Å²) < 4.78 is 7.69. The van der Waals surface area contributed by atoms with Crippen molar-refractivity contribution >= 4 is 50.6 Å². The van der Waals surface area contributed by atoms with Gasteiger partial charge in [-0.1, -0.05) is 28.6 Å². The summed E-state index contributed by atoms with van der Waals surface area (Å²) in [5, 5.41) is 51.4. The molecule has 0 spiro atoms. The summed E-state index contributed by atoms with van der Waals surface area (Å²) in [7, 11) is 0. The largest absolute Gasteiger partial charge is 0.394 e. The zero-order valence-corrected chi connectivity index (χ0v) is 19.4. The fourth-order valence-corrected chi connectivity index (χ4v) is 5.62. The molecule has 10 nitrogen and oxygen atoms in total. The lowest BCUT2D eigenvalue weighted by Gasteiger charge is -2.41. The molecule has 3 aromatic heterocycles. The van der Waals surface area contributed by atoms with Crippen molar-refractivity contribution in [2.45, 2.75) is 34.7 Å². The Hall–Kier alpha value is -1.63. The van der Waals surface area contributed by atoms with Crippen LogP contribution in [0.4, 0.5) is 0 Å². The van der Waals surface area contributed by atoms with Gasteiger partial charge in [-0.15, -0.1) is 16.4 Å². The van der Waals surface area contributed by atoms with E-state index in [1.807, 2.05) is 6.07 Å². The first-order chi connectivity index (χ1) is 14.9. The zero-order valence-electron chi connectivity index (χ0n) is 15.4. The third kappa shape index (κ3) is 4.62. The maximum absolute atomic E-state index is 11.0. The molecule has 1 aliphatic rings. The van der Waals surface area contributed by atoms with Gasteiger partial charge in [0.05, 0.1) is 12.8 Å². The Morgan fingerprint density at radius 2 is 2.19 bits per heavy atom. The molecule has 4 heterocycles. The van der Waals surface area contributed by atoms with Gasteiger partial charge in [0.25, 0.3) is 0 Å². The van der Waals surface area contributed by atoms with Gasteiger partial charge in [-0.05, 0) is 22.0 Å². The van der Waals surface area contributed by atoms with E-state index in [1.165, 1.54) is 28.4 Å². The molecule has 14 heteroatoms. The molecule has 1 saturated heterocycles. The van der Waals surface area contributed by atoms with Crippen LogP contribution in [-0.2, 0) is 4.74 Å². The van der Waals surface area contributed by atoms with Gasteiger partial charge in [-0.3, -0.25) is 0 Å². The smallest absolute Gasteiger partial charge is 0.154 e. The number of aliphatic hydroxyl groups is 3. The molecular weight excluding hydrogens is 532 g/mol. The summed E-state index contributed by atoms with van der Waals surface area (Å²) in [6, 6.07) is 2.71. The van der Waals surface area contributed by atoms with E-state index in [1.54, 1.807) is 11.4 Å². The van der Waals surface area contributed by atoms with E-state index in [-0.39, 0.29) is 5.69 Å². The lowest BCUT2D eigenvalue weighted by atomic mass is 9.97. The highest BCUT2D eigenvalue weighted by Gasteiger charge is 2.46. The Morgan fingerprint density at radius 1 is 1.39 bits per heavy atom. The Kier molecular flexibility index (Phi) is 6.89. The molecule has 5 atom stereocenters. The van der Waals surface area contributed by atoms with Crippen molar-refractivity contribution in [1.29, 1.82) is 5.26 Å². The molecule has 0 aliphatic carbocycles. The van der Waals surface area contributed by atoms with E-state index in [0.29, 0.717) is 25.2 Å². The van der Waals surface area contributed by atoms with Gasteiger partial charge in [-0.2, -0.15) is 5.26 Å². The molecule has 1 fully saturated rings. The van der Waals surface area contributed by atoms with Gasteiger partial charge in [0.15, 0.2) is 5.69 Å². The molecule has 162 valence electrons. The number of hydrogen-bond acceptors (Lipinski definition) is 11. The average molecular weight is 546 g/mol. The summed E-state index contributed by atoms with van der Waals surface area (Å²) in [5.41, 5.74) is -0.331. The van der Waals surface area contributed by atoms with Crippen molar-refractivity contribution in [2.24, 2.45) is 0 Å². The number of aliphatic hydroxyl groups excluding tert-OH is 3. The van der Waals surface area contributed by atoms with Crippen LogP contribution in [0.5, 0.6) is 0 Å². The van der Waals surface area contributed by atoms with Crippen LogP contribution in [0.3, 0.4) is 0 Å². The fourth-order valence-electron chi connectivity index (χ4n) is 3.09. The molecule has 3 N–H and O–H groups in total. The van der Waals surface area contributed by atoms with E-state index < -0.39 is 36.4 Å². The highest BCUT2D eigenvalue weighted by molar-refractivity contribution is 9.10. The lowest BCUT2D eigenvalue weighted by Crippen LogP contribution is -2.55. The van der Waals surface area contributed by atoms with E-state index in [2.05, 4.69) is 36.2 Å². The van der Waals surface area contributed by atoms with Crippen molar-refractivity contribution in [1.82, 2.24) is 25.0 Å². The third-order valence-electron chi connectivity index (χ3n) is 4.53. The molecular formula is C17H14BrClN6O4S2. The van der Waals surface area contributed by atoms with Gasteiger partial charge in [0.1, 0.15) is 51.7 Å². The first-order valence-corrected chi connectivity index (χ1v) is 11.7. The number of rotatable bonds is 5. The molecule has 3 aromatic rings. The highest BCUT2D eigenvalue weighted by atomic mass is 79.9. The Balaban J connectivity index is 1.64. The predicted octanol–water partition coefficient (Wildman–Crippen LogP) is 1.86. The number of thioether (sulfide) groups is 1. The lowest BCUT2D eigenvalue weighted by molar-refractivity contribution is -0.178. The van der Waals surface area contributed by atoms with E-state index in [4.69, 9.17) is 16.3 Å². The van der Waals surface area contributed by atoms with Crippen molar-refractivity contribution in [3.05, 3.63) is 39.2 Å². The van der Waals surface area contributed by atoms with Gasteiger partial charge in [0.2, 0.25) is 0 Å². The second-order valence-electron chi connectivity index (χ2n) is 6.49. The van der Waals surface area contributed by atoms with Crippen LogP contribution in [0.25, 0.3) is 10.7 Å². The number of hydrogen-bond donors (Lipinski definition) is 3. The first kappa shape index (κ1) is 22.6. The number of aromatic nitrogens is 5. The third-order valence-corrected chi connectivity index (χ3v) is 7.34. The van der Waals surface area contributed by atoms with Gasteiger partial charge in [0, 0.05) is 20.9 Å². The summed E-state index contributed by atoms with van der Waals surface area (Å²) in [6.45, 7) is -0.479. The average Bonchev–Trinajstić information content (AvgIpc) is 3.39. The number of halogens is 2. The minimum Gasteiger partial charge on any atom is -0.394 e. The molecule has 0 amide bonds. The van der Waals surface area contributed by atoms with Crippen LogP contribution >= 0.6 is 50.6 Å². The number of pyridine rings is 1. The van der Waals surface area contributed by atoms with Crippen LogP contribution in [0.15, 0.2) is 33.2 Å². The number of thiazole rings is 1. The number of nitriles is 1. The summed E-state index contributed by atoms with van der Waals surface area (Å²) >= 11 is 11.5. The summed E-state index contributed by atoms with van der Waals surface area (Å²) in [6.07, 6.45) is -0.468. The standard InChI is InChI=1S/C17H14BrClN6O4S2/c18-7-1-11(8(2-20)21-3-7)31-17-15(28)13(14(27)10(5-26)29-17)25-4-9(23-24-25)16-22-12(19)6-30-16/h1,3-4,6,10,13-15,17,26-28H,5H2/t10-,13+,14+,15-,17-/m1/s1. The SMILES string of the molecule is N#Cc1ncc(Br)cc1S[C@H]1O[C@H](CO)[C@H](O)[C@H](n2cc(-c3nc(Cl)cs3)nn2)[C@H]1O. The van der Waals surface area contributed by atoms with Crippen LogP contribution in [-0.4, -0.2) is 70.6 Å². The molecule has 0 radical (unpaired) electrons. The normalized spacial score (nSPS) is 26.0. The van der Waals surface area contributed by atoms with Crippen LogP contribution in [0.1, 0.15) is 11.7 Å². The zero-order chi connectivity index (χ0) is 22.1. The van der Waals surface area contributed by atoms with Crippen LogP contribution in [0.2, 0.25) is 5.15 Å². The van der Waals surface area contributed by atoms with Crippen molar-refractivity contribution in [3.8, 4) is 16.8 Å². The Labute approximate surface area is 197 Å². The fraction of sp³-hybridized carbons (Fsp3) is 0.353. The van der Waals surface area contributed by atoms with Crippen molar-refractivity contribution in [2.75, 3.05) is 6.61 Å². The topological polar surface area (TPSA) is 150 Å². The Bertz CT molecular complexity index is 1120. The van der Waals surface area contributed by atoms with Gasteiger partial charge < -0.3 is 20.1 Å². The summed E-state index contributed by atoms with van der Waals surface area (Å²) in [4.78, 5) is 8.66. The molecule has 0 aromatic carbocycles. The maximum Gasteiger partial charge on any atom is 0.154 e. The van der Waals surface area contributed by atoms with Crippen molar-refractivity contribution in [3.63, 3.8) is 0 Å². The molecule has 0 saturated carbocycles. The first-order valence-electron chi connectivity index (χ1n) is 8.79. The molecule has 4 rings (SSSR count). The maximum atomic E-state index is 11.0. The van der Waals surface area contributed by atoms with Gasteiger partial charge >= 0.3 is 0 Å². The summed E-state index contributed by atoms with van der Waals surface area (Å²) in [5.74, 6) is 0. The number of ether oxygens (including phenoxy) is 1. The quantitative estimate of drug-likeness (QED) is 0.433. The van der Waals surface area contributed by atoms with Gasteiger partial charge in [-0.25, -0.2) is 14.6 Å². The second kappa shape index (κ2) is 9.47. The van der Waals surface area contributed by atoms with Crippen LogP contribution in [0, 0.1) is 11.3 Å². The van der Waals surface area contributed by atoms with Crippen LogP contribution < -0.4 is 0 Å². The minimum absolute atomic E-state index is 0.163. The molecule has 1 aliphatic heterocycles. The van der Waals surface area contributed by atoms with E-state index in [0.717, 1.165) is 11.8 Å². The van der Waals surface area contributed by atoms with E-state index in [9.17, 15) is 20.6 Å².